The average Bonchev–Trinajstić information content (AvgIpc) is 2.71. The third kappa shape index (κ3) is 3.95. The molecule has 2 nitrogen and oxygen atoms in total. The molecule has 3 unspecified atom stereocenters. The van der Waals surface area contributed by atoms with Gasteiger partial charge in [0.1, 0.15) is 0 Å². The quantitative estimate of drug-likeness (QED) is 0.820. The van der Waals surface area contributed by atoms with Gasteiger partial charge in [0.05, 0.1) is 0 Å². The van der Waals surface area contributed by atoms with Gasteiger partial charge >= 0.3 is 0 Å². The Bertz CT molecular complexity index is 279. The predicted molar refractivity (Wildman–Crippen MR) is 83.4 cm³/mol. The number of nitrogens with one attached hydrogen (secondary N) is 1. The minimum Gasteiger partial charge on any atom is -0.316 e. The highest BCUT2D eigenvalue weighted by molar-refractivity contribution is 4.95. The maximum absolute atomic E-state index is 3.65. The van der Waals surface area contributed by atoms with E-state index in [1.807, 2.05) is 0 Å². The minimum absolute atomic E-state index is 0.490. The van der Waals surface area contributed by atoms with Crippen LogP contribution >= 0.6 is 0 Å². The summed E-state index contributed by atoms with van der Waals surface area (Å²) in [6.07, 6.45) is 4.28. The molecule has 0 amide bonds. The molecule has 2 rings (SSSR count). The zero-order valence-corrected chi connectivity index (χ0v) is 13.7. The second kappa shape index (κ2) is 6.13. The zero-order valence-electron chi connectivity index (χ0n) is 13.7. The van der Waals surface area contributed by atoms with Gasteiger partial charge in [0, 0.05) is 12.6 Å². The van der Waals surface area contributed by atoms with Crippen LogP contribution in [-0.2, 0) is 0 Å². The Hall–Kier alpha value is -0.0800. The van der Waals surface area contributed by atoms with E-state index in [2.05, 4.69) is 44.8 Å². The summed E-state index contributed by atoms with van der Waals surface area (Å²) in [4.78, 5) is 2.79. The van der Waals surface area contributed by atoms with Crippen molar-refractivity contribution in [2.24, 2.45) is 23.2 Å². The van der Waals surface area contributed by atoms with Crippen LogP contribution in [0.25, 0.3) is 0 Å². The topological polar surface area (TPSA) is 15.3 Å². The van der Waals surface area contributed by atoms with E-state index in [9.17, 15) is 0 Å². The first-order valence-electron chi connectivity index (χ1n) is 8.32. The molecule has 0 bridgehead atoms. The normalized spacial score (nSPS) is 32.8. The third-order valence-corrected chi connectivity index (χ3v) is 5.25. The van der Waals surface area contributed by atoms with E-state index >= 15 is 0 Å². The van der Waals surface area contributed by atoms with Crippen LogP contribution in [-0.4, -0.2) is 37.1 Å². The Labute approximate surface area is 120 Å². The van der Waals surface area contributed by atoms with Gasteiger partial charge in [0.2, 0.25) is 0 Å². The van der Waals surface area contributed by atoms with Crippen LogP contribution < -0.4 is 5.32 Å². The molecule has 0 radical (unpaired) electrons. The number of hydrogen-bond acceptors (Lipinski definition) is 2. The summed E-state index contributed by atoms with van der Waals surface area (Å²) in [6, 6.07) is 0.881. The van der Waals surface area contributed by atoms with Crippen molar-refractivity contribution in [3.63, 3.8) is 0 Å². The number of rotatable bonds is 5. The monoisotopic (exact) mass is 266 g/mol. The van der Waals surface area contributed by atoms with Crippen molar-refractivity contribution >= 4 is 0 Å². The molecule has 0 aromatic heterocycles. The summed E-state index contributed by atoms with van der Waals surface area (Å²) in [5.74, 6) is 2.59. The van der Waals surface area contributed by atoms with Gasteiger partial charge < -0.3 is 5.32 Å². The van der Waals surface area contributed by atoms with E-state index in [4.69, 9.17) is 0 Å². The van der Waals surface area contributed by atoms with Gasteiger partial charge in [0.15, 0.2) is 0 Å². The van der Waals surface area contributed by atoms with Gasteiger partial charge in [-0.05, 0) is 62.1 Å². The summed E-state index contributed by atoms with van der Waals surface area (Å²) in [5, 5.41) is 3.65. The Morgan fingerprint density at radius 1 is 1.16 bits per heavy atom. The Balaban J connectivity index is 1.74. The lowest BCUT2D eigenvalue weighted by Crippen LogP contribution is -2.50. The van der Waals surface area contributed by atoms with E-state index in [0.29, 0.717) is 5.41 Å². The van der Waals surface area contributed by atoms with Crippen LogP contribution in [0.15, 0.2) is 0 Å². The Morgan fingerprint density at radius 3 is 2.37 bits per heavy atom. The first-order chi connectivity index (χ1) is 8.88. The highest BCUT2D eigenvalue weighted by Gasteiger charge is 2.40. The van der Waals surface area contributed by atoms with Crippen LogP contribution in [0.1, 0.15) is 53.9 Å². The van der Waals surface area contributed by atoms with Crippen molar-refractivity contribution in [3.8, 4) is 0 Å². The molecule has 1 saturated carbocycles. The largest absolute Gasteiger partial charge is 0.316 e. The van der Waals surface area contributed by atoms with Crippen molar-refractivity contribution in [1.29, 1.82) is 0 Å². The summed E-state index contributed by atoms with van der Waals surface area (Å²) < 4.78 is 0. The lowest BCUT2D eigenvalue weighted by molar-refractivity contribution is 0.0723. The molecule has 1 saturated heterocycles. The maximum atomic E-state index is 3.65. The van der Waals surface area contributed by atoms with Crippen molar-refractivity contribution in [2.45, 2.75) is 59.9 Å². The predicted octanol–water partition coefficient (Wildman–Crippen LogP) is 3.38. The second-order valence-corrected chi connectivity index (χ2v) is 8.30. The van der Waals surface area contributed by atoms with E-state index < -0.39 is 0 Å². The van der Waals surface area contributed by atoms with Gasteiger partial charge in [-0.25, -0.2) is 0 Å². The summed E-state index contributed by atoms with van der Waals surface area (Å²) >= 11 is 0. The average molecular weight is 266 g/mol. The maximum Gasteiger partial charge on any atom is 0.0136 e. The fraction of sp³-hybridized carbons (Fsp3) is 1.00. The molecule has 0 aromatic rings. The first kappa shape index (κ1) is 15.3. The molecule has 1 aliphatic carbocycles. The van der Waals surface area contributed by atoms with E-state index in [-0.39, 0.29) is 0 Å². The standard InChI is InChI=1S/C17H34N2/c1-13(2)10-18-11-14-6-7-16(14)19-9-8-15(12-19)17(3,4)5/h13-16,18H,6-12H2,1-5H3. The van der Waals surface area contributed by atoms with Crippen LogP contribution in [0.3, 0.4) is 0 Å². The molecule has 2 heteroatoms. The van der Waals surface area contributed by atoms with Crippen molar-refractivity contribution in [1.82, 2.24) is 10.2 Å². The second-order valence-electron chi connectivity index (χ2n) is 8.30. The van der Waals surface area contributed by atoms with E-state index in [1.165, 1.54) is 45.4 Å². The molecule has 2 aliphatic rings. The highest BCUT2D eigenvalue weighted by Crippen LogP contribution is 2.39. The van der Waals surface area contributed by atoms with Crippen molar-refractivity contribution in [2.75, 3.05) is 26.2 Å². The van der Waals surface area contributed by atoms with Crippen LogP contribution in [0.2, 0.25) is 0 Å². The zero-order chi connectivity index (χ0) is 14.0. The van der Waals surface area contributed by atoms with Gasteiger partial charge in [-0.15, -0.1) is 0 Å². The number of nitrogens with zero attached hydrogens (tertiary/aromatic N) is 1. The SMILES string of the molecule is CC(C)CNCC1CCC1N1CCC(C(C)(C)C)C1. The van der Waals surface area contributed by atoms with Gasteiger partial charge in [0.25, 0.3) is 0 Å². The molecule has 3 atom stereocenters. The smallest absolute Gasteiger partial charge is 0.0136 e. The molecule has 112 valence electrons. The van der Waals surface area contributed by atoms with E-state index in [1.54, 1.807) is 0 Å². The summed E-state index contributed by atoms with van der Waals surface area (Å²) in [5.41, 5.74) is 0.490. The molecule has 0 aromatic carbocycles. The Morgan fingerprint density at radius 2 is 1.89 bits per heavy atom. The van der Waals surface area contributed by atoms with E-state index in [0.717, 1.165) is 23.8 Å². The molecule has 2 fully saturated rings. The lowest BCUT2D eigenvalue weighted by Gasteiger charge is -2.43. The molecule has 1 heterocycles. The van der Waals surface area contributed by atoms with Crippen LogP contribution in [0, 0.1) is 23.2 Å². The molecular weight excluding hydrogens is 232 g/mol. The van der Waals surface area contributed by atoms with Gasteiger partial charge in [-0.1, -0.05) is 34.6 Å². The van der Waals surface area contributed by atoms with Crippen molar-refractivity contribution < 1.29 is 0 Å². The fourth-order valence-corrected chi connectivity index (χ4v) is 3.62. The third-order valence-electron chi connectivity index (χ3n) is 5.25. The number of likely N-dealkylation sites (tertiary alicyclic amines) is 1. The summed E-state index contributed by atoms with van der Waals surface area (Å²) in [6.45, 7) is 16.9. The molecular formula is C17H34N2. The molecule has 0 spiro atoms. The van der Waals surface area contributed by atoms with Crippen molar-refractivity contribution in [3.05, 3.63) is 0 Å². The highest BCUT2D eigenvalue weighted by atomic mass is 15.2. The van der Waals surface area contributed by atoms with Gasteiger partial charge in [-0.2, -0.15) is 0 Å². The minimum atomic E-state index is 0.490. The summed E-state index contributed by atoms with van der Waals surface area (Å²) in [7, 11) is 0. The molecule has 1 aliphatic heterocycles. The molecule has 1 N–H and O–H groups in total. The first-order valence-corrected chi connectivity index (χ1v) is 8.32. The van der Waals surface area contributed by atoms with Crippen LogP contribution in [0.5, 0.6) is 0 Å². The van der Waals surface area contributed by atoms with Gasteiger partial charge in [-0.3, -0.25) is 4.90 Å². The fourth-order valence-electron chi connectivity index (χ4n) is 3.62. The van der Waals surface area contributed by atoms with Crippen LogP contribution in [0.4, 0.5) is 0 Å². The molecule has 19 heavy (non-hydrogen) atoms. The lowest BCUT2D eigenvalue weighted by atomic mass is 9.77. The number of hydrogen-bond donors (Lipinski definition) is 1. The Kier molecular flexibility index (Phi) is 4.94.